The van der Waals surface area contributed by atoms with Crippen LogP contribution in [0.25, 0.3) is 11.1 Å². The number of halogens is 3. The fourth-order valence-electron chi connectivity index (χ4n) is 1.57. The first-order chi connectivity index (χ1) is 8.11. The lowest BCUT2D eigenvalue weighted by Crippen LogP contribution is -1.89. The van der Waals surface area contributed by atoms with Gasteiger partial charge in [-0.2, -0.15) is 0 Å². The van der Waals surface area contributed by atoms with E-state index >= 15 is 0 Å². The standard InChI is InChI=1S/C13H7Cl3O/c14-9-3-1-8(2-4-9)11-5-10(15)6-13(16)12(11)7-17/h1-7H. The zero-order valence-electron chi connectivity index (χ0n) is 8.58. The maximum atomic E-state index is 11.0. The zero-order chi connectivity index (χ0) is 12.4. The van der Waals surface area contributed by atoms with Crippen LogP contribution in [-0.2, 0) is 0 Å². The SMILES string of the molecule is O=Cc1c(Cl)cc(Cl)cc1-c1ccc(Cl)cc1. The van der Waals surface area contributed by atoms with E-state index in [1.54, 1.807) is 24.3 Å². The molecule has 0 aliphatic heterocycles. The second kappa shape index (κ2) is 5.09. The molecule has 0 spiro atoms. The Morgan fingerprint density at radius 1 is 0.882 bits per heavy atom. The van der Waals surface area contributed by atoms with Crippen molar-refractivity contribution < 1.29 is 4.79 Å². The van der Waals surface area contributed by atoms with Gasteiger partial charge in [0.25, 0.3) is 0 Å². The summed E-state index contributed by atoms with van der Waals surface area (Å²) in [5.41, 5.74) is 1.98. The van der Waals surface area contributed by atoms with E-state index in [0.717, 1.165) is 11.8 Å². The van der Waals surface area contributed by atoms with E-state index in [9.17, 15) is 4.79 Å². The van der Waals surface area contributed by atoms with E-state index in [4.69, 9.17) is 34.8 Å². The van der Waals surface area contributed by atoms with Gasteiger partial charge in [0, 0.05) is 15.6 Å². The van der Waals surface area contributed by atoms with Gasteiger partial charge in [-0.25, -0.2) is 0 Å². The van der Waals surface area contributed by atoms with Gasteiger partial charge in [-0.1, -0.05) is 46.9 Å². The molecule has 0 saturated heterocycles. The Morgan fingerprint density at radius 3 is 2.12 bits per heavy atom. The monoisotopic (exact) mass is 284 g/mol. The molecule has 0 fully saturated rings. The normalized spacial score (nSPS) is 10.3. The van der Waals surface area contributed by atoms with E-state index in [-0.39, 0.29) is 0 Å². The van der Waals surface area contributed by atoms with Gasteiger partial charge in [-0.05, 0) is 35.4 Å². The van der Waals surface area contributed by atoms with Crippen molar-refractivity contribution >= 4 is 41.1 Å². The molecule has 0 heterocycles. The lowest BCUT2D eigenvalue weighted by atomic mass is 10.0. The van der Waals surface area contributed by atoms with Gasteiger partial charge in [0.2, 0.25) is 0 Å². The summed E-state index contributed by atoms with van der Waals surface area (Å²) < 4.78 is 0. The first kappa shape index (κ1) is 12.4. The highest BCUT2D eigenvalue weighted by molar-refractivity contribution is 6.37. The third-order valence-corrected chi connectivity index (χ3v) is 3.15. The predicted octanol–water partition coefficient (Wildman–Crippen LogP) is 5.13. The minimum Gasteiger partial charge on any atom is -0.298 e. The molecule has 0 aliphatic rings. The maximum Gasteiger partial charge on any atom is 0.152 e. The molecule has 0 aliphatic carbocycles. The molecule has 0 saturated carbocycles. The summed E-state index contributed by atoms with van der Waals surface area (Å²) in [6.45, 7) is 0. The molecule has 2 aromatic rings. The topological polar surface area (TPSA) is 17.1 Å². The highest BCUT2D eigenvalue weighted by Gasteiger charge is 2.10. The molecule has 2 aromatic carbocycles. The van der Waals surface area contributed by atoms with Crippen molar-refractivity contribution in [3.8, 4) is 11.1 Å². The summed E-state index contributed by atoms with van der Waals surface area (Å²) in [6.07, 6.45) is 0.725. The van der Waals surface area contributed by atoms with E-state index in [1.165, 1.54) is 0 Å². The van der Waals surface area contributed by atoms with E-state index in [1.807, 2.05) is 12.1 Å². The molecule has 0 radical (unpaired) electrons. The largest absolute Gasteiger partial charge is 0.298 e. The van der Waals surface area contributed by atoms with E-state index in [2.05, 4.69) is 0 Å². The predicted molar refractivity (Wildman–Crippen MR) is 72.3 cm³/mol. The average Bonchev–Trinajstić information content (AvgIpc) is 2.29. The fourth-order valence-corrected chi connectivity index (χ4v) is 2.24. The van der Waals surface area contributed by atoms with Crippen molar-refractivity contribution in [2.24, 2.45) is 0 Å². The number of hydrogen-bond acceptors (Lipinski definition) is 1. The third kappa shape index (κ3) is 2.63. The lowest BCUT2D eigenvalue weighted by Gasteiger charge is -2.08. The highest BCUT2D eigenvalue weighted by Crippen LogP contribution is 2.32. The third-order valence-electron chi connectivity index (χ3n) is 2.37. The number of carbonyl (C=O) groups excluding carboxylic acids is 1. The molecule has 0 N–H and O–H groups in total. The fraction of sp³-hybridized carbons (Fsp3) is 0. The summed E-state index contributed by atoms with van der Waals surface area (Å²) in [5.74, 6) is 0. The van der Waals surface area contributed by atoms with Crippen molar-refractivity contribution in [2.75, 3.05) is 0 Å². The molecule has 2 rings (SSSR count). The van der Waals surface area contributed by atoms with Gasteiger partial charge in [-0.3, -0.25) is 4.79 Å². The van der Waals surface area contributed by atoms with Crippen LogP contribution < -0.4 is 0 Å². The van der Waals surface area contributed by atoms with Crippen LogP contribution in [-0.4, -0.2) is 6.29 Å². The van der Waals surface area contributed by atoms with Crippen LogP contribution in [0.5, 0.6) is 0 Å². The van der Waals surface area contributed by atoms with Gasteiger partial charge in [0.05, 0.1) is 5.02 Å². The van der Waals surface area contributed by atoms with Gasteiger partial charge >= 0.3 is 0 Å². The number of rotatable bonds is 2. The molecular weight excluding hydrogens is 279 g/mol. The van der Waals surface area contributed by atoms with Crippen LogP contribution in [0.15, 0.2) is 36.4 Å². The minimum atomic E-state index is 0.345. The Hall–Kier alpha value is -1.02. The molecule has 86 valence electrons. The smallest absolute Gasteiger partial charge is 0.152 e. The van der Waals surface area contributed by atoms with Crippen LogP contribution in [0.1, 0.15) is 10.4 Å². The Bertz CT molecular complexity index is 562. The molecule has 17 heavy (non-hydrogen) atoms. The Kier molecular flexibility index (Phi) is 3.72. The number of benzene rings is 2. The number of carbonyl (C=O) groups is 1. The van der Waals surface area contributed by atoms with Crippen LogP contribution >= 0.6 is 34.8 Å². The second-order valence-electron chi connectivity index (χ2n) is 3.47. The van der Waals surface area contributed by atoms with Crippen molar-refractivity contribution in [2.45, 2.75) is 0 Å². The molecule has 0 amide bonds. The molecule has 4 heteroatoms. The van der Waals surface area contributed by atoms with Crippen molar-refractivity contribution in [1.29, 1.82) is 0 Å². The Labute approximate surface area is 114 Å². The lowest BCUT2D eigenvalue weighted by molar-refractivity contribution is 0.112. The minimum absolute atomic E-state index is 0.345. The summed E-state index contributed by atoms with van der Waals surface area (Å²) in [6, 6.07) is 10.4. The number of hydrogen-bond donors (Lipinski definition) is 0. The molecular formula is C13H7Cl3O. The van der Waals surface area contributed by atoms with Crippen LogP contribution in [0.3, 0.4) is 0 Å². The van der Waals surface area contributed by atoms with Crippen molar-refractivity contribution in [1.82, 2.24) is 0 Å². The van der Waals surface area contributed by atoms with Crippen LogP contribution in [0.2, 0.25) is 15.1 Å². The maximum absolute atomic E-state index is 11.0. The zero-order valence-corrected chi connectivity index (χ0v) is 10.9. The summed E-state index contributed by atoms with van der Waals surface area (Å²) in [4.78, 5) is 11.0. The van der Waals surface area contributed by atoms with Gasteiger partial charge < -0.3 is 0 Å². The Balaban J connectivity index is 2.65. The van der Waals surface area contributed by atoms with Gasteiger partial charge in [0.15, 0.2) is 6.29 Å². The quantitative estimate of drug-likeness (QED) is 0.699. The first-order valence-electron chi connectivity index (χ1n) is 4.82. The average molecular weight is 286 g/mol. The van der Waals surface area contributed by atoms with Crippen molar-refractivity contribution in [3.63, 3.8) is 0 Å². The Morgan fingerprint density at radius 2 is 1.53 bits per heavy atom. The molecule has 0 unspecified atom stereocenters. The summed E-state index contributed by atoms with van der Waals surface area (Å²) in [5, 5.41) is 1.47. The number of aldehydes is 1. The van der Waals surface area contributed by atoms with E-state index in [0.29, 0.717) is 26.2 Å². The molecule has 0 atom stereocenters. The first-order valence-corrected chi connectivity index (χ1v) is 5.95. The second-order valence-corrected chi connectivity index (χ2v) is 4.75. The summed E-state index contributed by atoms with van der Waals surface area (Å²) >= 11 is 17.7. The molecule has 0 aromatic heterocycles. The van der Waals surface area contributed by atoms with Crippen LogP contribution in [0, 0.1) is 0 Å². The van der Waals surface area contributed by atoms with Gasteiger partial charge in [-0.15, -0.1) is 0 Å². The summed E-state index contributed by atoms with van der Waals surface area (Å²) in [7, 11) is 0. The molecule has 0 bridgehead atoms. The highest BCUT2D eigenvalue weighted by atomic mass is 35.5. The van der Waals surface area contributed by atoms with Crippen LogP contribution in [0.4, 0.5) is 0 Å². The van der Waals surface area contributed by atoms with E-state index < -0.39 is 0 Å². The van der Waals surface area contributed by atoms with Crippen molar-refractivity contribution in [3.05, 3.63) is 57.0 Å². The molecule has 1 nitrogen and oxygen atoms in total. The van der Waals surface area contributed by atoms with Gasteiger partial charge in [0.1, 0.15) is 0 Å².